The molecule has 1 unspecified atom stereocenters. The molecule has 33 heavy (non-hydrogen) atoms. The van der Waals surface area contributed by atoms with Gasteiger partial charge in [-0.15, -0.1) is 0 Å². The van der Waals surface area contributed by atoms with Crippen LogP contribution in [0.4, 0.5) is 0 Å². The highest BCUT2D eigenvalue weighted by molar-refractivity contribution is 7.87. The van der Waals surface area contributed by atoms with Crippen LogP contribution in [0.25, 0.3) is 0 Å². The molecule has 0 saturated carbocycles. The van der Waals surface area contributed by atoms with Crippen LogP contribution in [0.15, 0.2) is 83.8 Å². The summed E-state index contributed by atoms with van der Waals surface area (Å²) in [5.74, 6) is -0.411. The summed E-state index contributed by atoms with van der Waals surface area (Å²) in [6.07, 6.45) is 0.464. The summed E-state index contributed by atoms with van der Waals surface area (Å²) in [7, 11) is -3.91. The van der Waals surface area contributed by atoms with Crippen LogP contribution in [0.2, 0.25) is 0 Å². The highest BCUT2D eigenvalue weighted by Gasteiger charge is 2.21. The summed E-state index contributed by atoms with van der Waals surface area (Å²) in [6, 6.07) is 23.2. The van der Waals surface area contributed by atoms with Crippen molar-refractivity contribution in [1.29, 1.82) is 0 Å². The van der Waals surface area contributed by atoms with Gasteiger partial charge in [0.2, 0.25) is 0 Å². The minimum atomic E-state index is -3.91. The van der Waals surface area contributed by atoms with Crippen LogP contribution in [-0.2, 0) is 32.6 Å². The average Bonchev–Trinajstić information content (AvgIpc) is 2.80. The third-order valence-electron chi connectivity index (χ3n) is 5.10. The molecule has 0 aromatic heterocycles. The van der Waals surface area contributed by atoms with E-state index in [-0.39, 0.29) is 22.5 Å². The quantitative estimate of drug-likeness (QED) is 0.335. The summed E-state index contributed by atoms with van der Waals surface area (Å²) >= 11 is 0. The van der Waals surface area contributed by atoms with Crippen molar-refractivity contribution in [2.75, 3.05) is 13.2 Å². The summed E-state index contributed by atoms with van der Waals surface area (Å²) < 4.78 is 35.5. The Morgan fingerprint density at radius 3 is 2.21 bits per heavy atom. The number of aryl methyl sites for hydroxylation is 1. The molecule has 6 nitrogen and oxygen atoms in total. The molecule has 0 fully saturated rings. The molecule has 0 bridgehead atoms. The lowest BCUT2D eigenvalue weighted by molar-refractivity contribution is -0.147. The van der Waals surface area contributed by atoms with E-state index in [9.17, 15) is 13.2 Å². The van der Waals surface area contributed by atoms with Crippen LogP contribution in [0.1, 0.15) is 23.6 Å². The fourth-order valence-corrected chi connectivity index (χ4v) is 4.26. The van der Waals surface area contributed by atoms with E-state index in [2.05, 4.69) is 5.32 Å². The van der Waals surface area contributed by atoms with E-state index in [1.165, 1.54) is 12.1 Å². The van der Waals surface area contributed by atoms with E-state index in [1.807, 2.05) is 37.3 Å². The van der Waals surface area contributed by atoms with Crippen molar-refractivity contribution in [3.05, 3.63) is 95.6 Å². The van der Waals surface area contributed by atoms with Crippen molar-refractivity contribution in [3.8, 4) is 5.75 Å². The van der Waals surface area contributed by atoms with Gasteiger partial charge in [-0.05, 0) is 55.7 Å². The van der Waals surface area contributed by atoms with Gasteiger partial charge in [-0.1, -0.05) is 60.2 Å². The molecular formula is C26H29NO5S. The molecule has 0 spiro atoms. The Bertz CT molecular complexity index is 1130. The van der Waals surface area contributed by atoms with Crippen LogP contribution in [0.3, 0.4) is 0 Å². The molecule has 174 valence electrons. The van der Waals surface area contributed by atoms with Gasteiger partial charge in [0.15, 0.2) is 0 Å². The minimum Gasteiger partial charge on any atom is -0.466 e. The van der Waals surface area contributed by atoms with Crippen molar-refractivity contribution in [2.24, 2.45) is 5.92 Å². The number of hydrogen-bond donors (Lipinski definition) is 1. The smallest absolute Gasteiger partial charge is 0.339 e. The molecule has 0 amide bonds. The third kappa shape index (κ3) is 7.44. The van der Waals surface area contributed by atoms with E-state index in [1.54, 1.807) is 43.3 Å². The highest BCUT2D eigenvalue weighted by atomic mass is 32.2. The predicted octanol–water partition coefficient (Wildman–Crippen LogP) is 4.27. The summed E-state index contributed by atoms with van der Waals surface area (Å²) in [6.45, 7) is 5.11. The number of ether oxygens (including phenoxy) is 1. The lowest BCUT2D eigenvalue weighted by Crippen LogP contribution is -2.31. The molecule has 0 aliphatic heterocycles. The fraction of sp³-hybridized carbons (Fsp3) is 0.269. The van der Waals surface area contributed by atoms with Gasteiger partial charge in [0.1, 0.15) is 10.6 Å². The van der Waals surface area contributed by atoms with Crippen molar-refractivity contribution < 1.29 is 22.1 Å². The Morgan fingerprint density at radius 2 is 1.58 bits per heavy atom. The van der Waals surface area contributed by atoms with Crippen molar-refractivity contribution in [2.45, 2.75) is 31.7 Å². The molecule has 0 heterocycles. The van der Waals surface area contributed by atoms with Crippen LogP contribution in [0.5, 0.6) is 5.75 Å². The first-order valence-corrected chi connectivity index (χ1v) is 12.3. The molecule has 0 saturated heterocycles. The van der Waals surface area contributed by atoms with Crippen molar-refractivity contribution in [3.63, 3.8) is 0 Å². The first-order chi connectivity index (χ1) is 15.9. The molecular weight excluding hydrogens is 438 g/mol. The largest absolute Gasteiger partial charge is 0.466 e. The summed E-state index contributed by atoms with van der Waals surface area (Å²) in [5.41, 5.74) is 2.98. The predicted molar refractivity (Wildman–Crippen MR) is 127 cm³/mol. The van der Waals surface area contributed by atoms with E-state index in [0.717, 1.165) is 16.7 Å². The molecule has 1 atom stereocenters. The molecule has 1 N–H and O–H groups in total. The lowest BCUT2D eigenvalue weighted by atomic mass is 9.99. The fourth-order valence-electron chi connectivity index (χ4n) is 3.33. The van der Waals surface area contributed by atoms with Crippen LogP contribution < -0.4 is 9.50 Å². The highest BCUT2D eigenvalue weighted by Crippen LogP contribution is 2.21. The maximum atomic E-state index is 12.5. The number of hydrogen-bond acceptors (Lipinski definition) is 6. The topological polar surface area (TPSA) is 81.7 Å². The van der Waals surface area contributed by atoms with Crippen molar-refractivity contribution >= 4 is 16.1 Å². The van der Waals surface area contributed by atoms with Crippen molar-refractivity contribution in [1.82, 2.24) is 5.32 Å². The molecule has 3 rings (SSSR count). The Labute approximate surface area is 195 Å². The molecule has 0 aliphatic carbocycles. The van der Waals surface area contributed by atoms with Gasteiger partial charge in [0, 0.05) is 13.1 Å². The molecule has 3 aromatic carbocycles. The van der Waals surface area contributed by atoms with Crippen LogP contribution in [0, 0.1) is 12.8 Å². The number of rotatable bonds is 11. The Morgan fingerprint density at radius 1 is 0.909 bits per heavy atom. The Kier molecular flexibility index (Phi) is 8.63. The van der Waals surface area contributed by atoms with Gasteiger partial charge in [-0.2, -0.15) is 8.42 Å². The molecule has 0 aliphatic rings. The lowest BCUT2D eigenvalue weighted by Gasteiger charge is -2.17. The zero-order chi connectivity index (χ0) is 23.7. The number of benzene rings is 3. The molecule has 7 heteroatoms. The van der Waals surface area contributed by atoms with Gasteiger partial charge < -0.3 is 14.2 Å². The normalized spacial score (nSPS) is 12.2. The van der Waals surface area contributed by atoms with Gasteiger partial charge in [0.25, 0.3) is 0 Å². The summed E-state index contributed by atoms with van der Waals surface area (Å²) in [5, 5.41) is 3.32. The number of carbonyl (C=O) groups is 1. The van der Waals surface area contributed by atoms with E-state index in [4.69, 9.17) is 8.92 Å². The average molecular weight is 468 g/mol. The van der Waals surface area contributed by atoms with Crippen LogP contribution in [-0.4, -0.2) is 27.5 Å². The second-order valence-corrected chi connectivity index (χ2v) is 9.31. The van der Waals surface area contributed by atoms with Gasteiger partial charge in [-0.3, -0.25) is 4.79 Å². The maximum Gasteiger partial charge on any atom is 0.339 e. The number of carbonyl (C=O) groups excluding carboxylic acids is 1. The second-order valence-electron chi connectivity index (χ2n) is 7.76. The maximum absolute atomic E-state index is 12.5. The summed E-state index contributed by atoms with van der Waals surface area (Å²) in [4.78, 5) is 12.6. The van der Waals surface area contributed by atoms with Gasteiger partial charge in [-0.25, -0.2) is 0 Å². The Balaban J connectivity index is 1.62. The number of nitrogens with one attached hydrogen (secondary N) is 1. The van der Waals surface area contributed by atoms with E-state index < -0.39 is 10.1 Å². The standard InChI is InChI=1S/C26H29NO5S/c1-3-31-26(28)23(19-27-18-22-7-5-4-6-8-22)17-21-11-13-24(14-12-21)32-33(29,30)25-15-9-20(2)10-16-25/h4-16,23,27H,3,17-19H2,1-2H3. The monoisotopic (exact) mass is 467 g/mol. The molecule has 0 radical (unpaired) electrons. The first kappa shape index (κ1) is 24.5. The number of esters is 1. The van der Waals surface area contributed by atoms with Crippen LogP contribution >= 0.6 is 0 Å². The Hall–Kier alpha value is -3.16. The van der Waals surface area contributed by atoms with E-state index >= 15 is 0 Å². The zero-order valence-corrected chi connectivity index (χ0v) is 19.7. The zero-order valence-electron chi connectivity index (χ0n) is 18.9. The van der Waals surface area contributed by atoms with Gasteiger partial charge in [0.05, 0.1) is 12.5 Å². The van der Waals surface area contributed by atoms with E-state index in [0.29, 0.717) is 26.1 Å². The first-order valence-electron chi connectivity index (χ1n) is 10.9. The molecule has 3 aromatic rings. The SMILES string of the molecule is CCOC(=O)C(CNCc1ccccc1)Cc1ccc(OS(=O)(=O)c2ccc(C)cc2)cc1. The minimum absolute atomic E-state index is 0.101. The van der Waals surface area contributed by atoms with Gasteiger partial charge >= 0.3 is 16.1 Å². The third-order valence-corrected chi connectivity index (χ3v) is 6.37. The second kappa shape index (κ2) is 11.6.